The van der Waals surface area contributed by atoms with Gasteiger partial charge in [0.1, 0.15) is 5.82 Å². The van der Waals surface area contributed by atoms with Crippen LogP contribution in [0.15, 0.2) is 18.3 Å². The fourth-order valence-corrected chi connectivity index (χ4v) is 1.38. The molecule has 0 aliphatic rings. The number of halogens is 3. The van der Waals surface area contributed by atoms with Gasteiger partial charge in [-0.2, -0.15) is 13.2 Å². The monoisotopic (exact) mass is 233 g/mol. The van der Waals surface area contributed by atoms with E-state index in [1.54, 1.807) is 19.1 Å². The van der Waals surface area contributed by atoms with Gasteiger partial charge in [-0.15, -0.1) is 0 Å². The summed E-state index contributed by atoms with van der Waals surface area (Å²) in [5.41, 5.74) is 6.19. The first-order chi connectivity index (χ1) is 7.40. The maximum absolute atomic E-state index is 12.2. The maximum atomic E-state index is 12.2. The van der Waals surface area contributed by atoms with Crippen molar-refractivity contribution in [1.82, 2.24) is 9.88 Å². The number of alkyl halides is 3. The van der Waals surface area contributed by atoms with E-state index in [-0.39, 0.29) is 6.54 Å². The Hall–Kier alpha value is -1.30. The molecule has 0 atom stereocenters. The third-order valence-corrected chi connectivity index (χ3v) is 2.10. The van der Waals surface area contributed by atoms with Crippen LogP contribution in [-0.2, 0) is 6.54 Å². The van der Waals surface area contributed by atoms with Crippen LogP contribution in [0.1, 0.15) is 12.5 Å². The van der Waals surface area contributed by atoms with E-state index in [9.17, 15) is 13.2 Å². The minimum Gasteiger partial charge on any atom is -0.384 e. The fraction of sp³-hybridized carbons (Fsp3) is 0.500. The van der Waals surface area contributed by atoms with Crippen molar-refractivity contribution in [1.29, 1.82) is 0 Å². The van der Waals surface area contributed by atoms with Gasteiger partial charge in [-0.25, -0.2) is 4.98 Å². The molecule has 0 amide bonds. The molecule has 0 fully saturated rings. The molecule has 3 nitrogen and oxygen atoms in total. The molecule has 0 aliphatic carbocycles. The zero-order valence-electron chi connectivity index (χ0n) is 8.96. The van der Waals surface area contributed by atoms with Crippen molar-refractivity contribution in [3.05, 3.63) is 23.9 Å². The fourth-order valence-electron chi connectivity index (χ4n) is 1.38. The summed E-state index contributed by atoms with van der Waals surface area (Å²) in [7, 11) is 0. The van der Waals surface area contributed by atoms with Gasteiger partial charge in [0, 0.05) is 12.7 Å². The zero-order chi connectivity index (χ0) is 12.2. The molecule has 0 aliphatic heterocycles. The molecule has 90 valence electrons. The lowest BCUT2D eigenvalue weighted by Gasteiger charge is -2.21. The highest BCUT2D eigenvalue weighted by Crippen LogP contribution is 2.18. The first-order valence-corrected chi connectivity index (χ1v) is 4.90. The number of anilines is 1. The van der Waals surface area contributed by atoms with Crippen molar-refractivity contribution in [2.75, 3.05) is 18.8 Å². The largest absolute Gasteiger partial charge is 0.401 e. The van der Waals surface area contributed by atoms with E-state index >= 15 is 0 Å². The van der Waals surface area contributed by atoms with Crippen molar-refractivity contribution in [3.63, 3.8) is 0 Å². The number of nitrogens with two attached hydrogens (primary N) is 1. The van der Waals surface area contributed by atoms with Crippen molar-refractivity contribution in [3.8, 4) is 0 Å². The highest BCUT2D eigenvalue weighted by molar-refractivity contribution is 5.31. The molecule has 1 aromatic heterocycles. The second kappa shape index (κ2) is 5.16. The van der Waals surface area contributed by atoms with E-state index in [2.05, 4.69) is 4.98 Å². The van der Waals surface area contributed by atoms with Crippen LogP contribution >= 0.6 is 0 Å². The second-order valence-electron chi connectivity index (χ2n) is 3.51. The summed E-state index contributed by atoms with van der Waals surface area (Å²) in [6.07, 6.45) is -2.68. The molecular formula is C10H14F3N3. The van der Waals surface area contributed by atoms with E-state index in [1.807, 2.05) is 0 Å². The Bertz CT molecular complexity index is 338. The van der Waals surface area contributed by atoms with Crippen molar-refractivity contribution in [2.24, 2.45) is 0 Å². The lowest BCUT2D eigenvalue weighted by atomic mass is 10.2. The molecule has 1 rings (SSSR count). The average molecular weight is 233 g/mol. The van der Waals surface area contributed by atoms with Crippen molar-refractivity contribution < 1.29 is 13.2 Å². The van der Waals surface area contributed by atoms with E-state index in [4.69, 9.17) is 5.73 Å². The van der Waals surface area contributed by atoms with Crippen molar-refractivity contribution >= 4 is 5.82 Å². The molecular weight excluding hydrogens is 219 g/mol. The van der Waals surface area contributed by atoms with Gasteiger partial charge < -0.3 is 5.73 Å². The molecule has 0 aromatic carbocycles. The summed E-state index contributed by atoms with van der Waals surface area (Å²) < 4.78 is 36.6. The highest BCUT2D eigenvalue weighted by atomic mass is 19.4. The number of hydrogen-bond acceptors (Lipinski definition) is 3. The third kappa shape index (κ3) is 4.48. The van der Waals surface area contributed by atoms with E-state index < -0.39 is 12.7 Å². The molecule has 16 heavy (non-hydrogen) atoms. The quantitative estimate of drug-likeness (QED) is 0.865. The smallest absolute Gasteiger partial charge is 0.384 e. The normalized spacial score (nSPS) is 12.1. The Balaban J connectivity index is 2.63. The Morgan fingerprint density at radius 2 is 2.12 bits per heavy atom. The lowest BCUT2D eigenvalue weighted by Crippen LogP contribution is -2.33. The average Bonchev–Trinajstić information content (AvgIpc) is 2.14. The van der Waals surface area contributed by atoms with Crippen LogP contribution in [-0.4, -0.2) is 29.1 Å². The predicted octanol–water partition coefficient (Wildman–Crippen LogP) is 2.05. The molecule has 0 bridgehead atoms. The summed E-state index contributed by atoms with van der Waals surface area (Å²) in [6.45, 7) is 1.34. The molecule has 6 heteroatoms. The van der Waals surface area contributed by atoms with E-state index in [0.717, 1.165) is 5.56 Å². The standard InChI is InChI=1S/C10H14F3N3/c1-2-16(7-10(11,12)13)6-8-3-4-15-9(14)5-8/h3-5H,2,6-7H2,1H3,(H2,14,15). The van der Waals surface area contributed by atoms with Gasteiger partial charge in [0.25, 0.3) is 0 Å². The number of pyridine rings is 1. The van der Waals surface area contributed by atoms with E-state index in [1.165, 1.54) is 11.1 Å². The summed E-state index contributed by atoms with van der Waals surface area (Å²) in [5.74, 6) is 0.320. The van der Waals surface area contributed by atoms with Gasteiger partial charge in [0.15, 0.2) is 0 Å². The molecule has 0 saturated carbocycles. The number of hydrogen-bond donors (Lipinski definition) is 1. The van der Waals surface area contributed by atoms with Crippen molar-refractivity contribution in [2.45, 2.75) is 19.6 Å². The molecule has 0 spiro atoms. The SMILES string of the molecule is CCN(Cc1ccnc(N)c1)CC(F)(F)F. The van der Waals surface area contributed by atoms with Crippen LogP contribution in [0.5, 0.6) is 0 Å². The highest BCUT2D eigenvalue weighted by Gasteiger charge is 2.29. The van der Waals surface area contributed by atoms with Crippen LogP contribution in [0, 0.1) is 0 Å². The molecule has 1 aromatic rings. The van der Waals surface area contributed by atoms with Gasteiger partial charge in [-0.1, -0.05) is 6.92 Å². The van der Waals surface area contributed by atoms with Gasteiger partial charge in [-0.3, -0.25) is 4.90 Å². The van der Waals surface area contributed by atoms with Gasteiger partial charge in [0.2, 0.25) is 0 Å². The minimum absolute atomic E-state index is 0.225. The van der Waals surface area contributed by atoms with Gasteiger partial charge in [-0.05, 0) is 24.2 Å². The first-order valence-electron chi connectivity index (χ1n) is 4.90. The Kier molecular flexibility index (Phi) is 4.12. The Labute approximate surface area is 92.1 Å². The summed E-state index contributed by atoms with van der Waals surface area (Å²) >= 11 is 0. The van der Waals surface area contributed by atoms with Crippen LogP contribution in [0.4, 0.5) is 19.0 Å². The predicted molar refractivity (Wildman–Crippen MR) is 55.7 cm³/mol. The summed E-state index contributed by atoms with van der Waals surface area (Å²) in [4.78, 5) is 5.08. The van der Waals surface area contributed by atoms with Crippen LogP contribution in [0.25, 0.3) is 0 Å². The molecule has 0 saturated heterocycles. The number of nitrogens with zero attached hydrogens (tertiary/aromatic N) is 2. The summed E-state index contributed by atoms with van der Waals surface area (Å²) in [6, 6.07) is 3.24. The van der Waals surface area contributed by atoms with Gasteiger partial charge in [0.05, 0.1) is 6.54 Å². The lowest BCUT2D eigenvalue weighted by molar-refractivity contribution is -0.146. The second-order valence-corrected chi connectivity index (χ2v) is 3.51. The third-order valence-electron chi connectivity index (χ3n) is 2.10. The Morgan fingerprint density at radius 1 is 1.44 bits per heavy atom. The van der Waals surface area contributed by atoms with Crippen LogP contribution in [0.2, 0.25) is 0 Å². The van der Waals surface area contributed by atoms with Crippen LogP contribution < -0.4 is 5.73 Å². The van der Waals surface area contributed by atoms with E-state index in [0.29, 0.717) is 12.4 Å². The molecule has 0 radical (unpaired) electrons. The van der Waals surface area contributed by atoms with Gasteiger partial charge >= 0.3 is 6.18 Å². The first kappa shape index (κ1) is 12.8. The minimum atomic E-state index is -4.17. The maximum Gasteiger partial charge on any atom is 0.401 e. The number of nitrogen functional groups attached to an aromatic ring is 1. The molecule has 2 N–H and O–H groups in total. The molecule has 0 unspecified atom stereocenters. The number of rotatable bonds is 4. The van der Waals surface area contributed by atoms with Crippen LogP contribution in [0.3, 0.4) is 0 Å². The number of aromatic nitrogens is 1. The Morgan fingerprint density at radius 3 is 2.62 bits per heavy atom. The molecule has 1 heterocycles. The summed E-state index contributed by atoms with van der Waals surface area (Å²) in [5, 5.41) is 0. The zero-order valence-corrected chi connectivity index (χ0v) is 8.96. The topological polar surface area (TPSA) is 42.2 Å².